The molecule has 0 radical (unpaired) electrons. The molecule has 0 saturated carbocycles. The smallest absolute Gasteiger partial charge is 0.150 e. The van der Waals surface area contributed by atoms with E-state index in [0.29, 0.717) is 32.7 Å². The Morgan fingerprint density at radius 2 is 1.87 bits per heavy atom. The van der Waals surface area contributed by atoms with Crippen LogP contribution < -0.4 is 5.73 Å². The lowest BCUT2D eigenvalue weighted by atomic mass is 9.95. The van der Waals surface area contributed by atoms with Gasteiger partial charge in [-0.25, -0.2) is 8.42 Å². The van der Waals surface area contributed by atoms with Crippen LogP contribution in [0.25, 0.3) is 0 Å². The fourth-order valence-corrected chi connectivity index (χ4v) is 3.15. The first-order chi connectivity index (χ1) is 6.97. The molecule has 6 heteroatoms. The Bertz CT molecular complexity index is 274. The summed E-state index contributed by atoms with van der Waals surface area (Å²) in [5.41, 5.74) is 5.56. The van der Waals surface area contributed by atoms with Gasteiger partial charge in [-0.15, -0.1) is 0 Å². The fraction of sp³-hybridized carbons (Fsp3) is 1.00. The second-order valence-electron chi connectivity index (χ2n) is 4.06. The van der Waals surface area contributed by atoms with Crippen molar-refractivity contribution < 1.29 is 17.9 Å². The van der Waals surface area contributed by atoms with E-state index >= 15 is 0 Å². The molecule has 2 N–H and O–H groups in total. The van der Waals surface area contributed by atoms with Crippen LogP contribution in [0, 0.1) is 0 Å². The summed E-state index contributed by atoms with van der Waals surface area (Å²) in [5.74, 6) is 0.355. The molecule has 0 atom stereocenters. The number of hydrogen-bond acceptors (Lipinski definition) is 5. The number of nitrogens with two attached hydrogens (primary N) is 1. The molecule has 1 aliphatic heterocycles. The van der Waals surface area contributed by atoms with Crippen molar-refractivity contribution in [2.75, 3.05) is 38.4 Å². The topological polar surface area (TPSA) is 78.6 Å². The number of methoxy groups -OCH3 is 1. The van der Waals surface area contributed by atoms with Gasteiger partial charge < -0.3 is 15.2 Å². The average molecular weight is 237 g/mol. The molecule has 90 valence electrons. The Labute approximate surface area is 90.8 Å². The SMILES string of the molecule is COCCOCC1(N)CCS(=O)(=O)CC1. The van der Waals surface area contributed by atoms with Crippen LogP contribution in [0.1, 0.15) is 12.8 Å². The molecule has 0 aromatic heterocycles. The number of hydrogen-bond donors (Lipinski definition) is 1. The molecule has 1 rings (SSSR count). The maximum absolute atomic E-state index is 11.2. The minimum absolute atomic E-state index is 0.178. The van der Waals surface area contributed by atoms with Crippen molar-refractivity contribution >= 4 is 9.84 Å². The fourth-order valence-electron chi connectivity index (χ4n) is 1.51. The largest absolute Gasteiger partial charge is 0.382 e. The summed E-state index contributed by atoms with van der Waals surface area (Å²) in [5, 5.41) is 0. The maximum Gasteiger partial charge on any atom is 0.150 e. The highest BCUT2D eigenvalue weighted by Gasteiger charge is 2.33. The highest BCUT2D eigenvalue weighted by atomic mass is 32.2. The third-order valence-corrected chi connectivity index (χ3v) is 4.30. The molecular weight excluding hydrogens is 218 g/mol. The molecule has 0 aliphatic carbocycles. The predicted octanol–water partition coefficient (Wildman–Crippen LogP) is -0.444. The van der Waals surface area contributed by atoms with Gasteiger partial charge in [0.15, 0.2) is 0 Å². The molecule has 1 fully saturated rings. The average Bonchev–Trinajstić information content (AvgIpc) is 2.19. The minimum atomic E-state index is -2.85. The van der Waals surface area contributed by atoms with Gasteiger partial charge >= 0.3 is 0 Å². The monoisotopic (exact) mass is 237 g/mol. The second-order valence-corrected chi connectivity index (χ2v) is 6.36. The van der Waals surface area contributed by atoms with Gasteiger partial charge in [0.2, 0.25) is 0 Å². The standard InChI is InChI=1S/C9H19NO4S/c1-13-4-5-14-8-9(10)2-6-15(11,12)7-3-9/h2-8,10H2,1H3. The first-order valence-corrected chi connectivity index (χ1v) is 6.86. The van der Waals surface area contributed by atoms with E-state index < -0.39 is 15.4 Å². The Hall–Kier alpha value is -0.170. The molecule has 0 spiro atoms. The van der Waals surface area contributed by atoms with Gasteiger partial charge in [0, 0.05) is 12.6 Å². The molecule has 1 saturated heterocycles. The Morgan fingerprint density at radius 1 is 1.27 bits per heavy atom. The van der Waals surface area contributed by atoms with Crippen LogP contribution in [0.15, 0.2) is 0 Å². The molecule has 0 amide bonds. The summed E-state index contributed by atoms with van der Waals surface area (Å²) in [7, 11) is -1.24. The van der Waals surface area contributed by atoms with Crippen LogP contribution >= 0.6 is 0 Å². The van der Waals surface area contributed by atoms with E-state index in [1.54, 1.807) is 7.11 Å². The quantitative estimate of drug-likeness (QED) is 0.656. The van der Waals surface area contributed by atoms with E-state index in [0.717, 1.165) is 0 Å². The van der Waals surface area contributed by atoms with E-state index in [-0.39, 0.29) is 11.5 Å². The maximum atomic E-state index is 11.2. The Morgan fingerprint density at radius 3 is 2.40 bits per heavy atom. The third-order valence-electron chi connectivity index (χ3n) is 2.64. The first-order valence-electron chi connectivity index (χ1n) is 5.03. The molecule has 15 heavy (non-hydrogen) atoms. The van der Waals surface area contributed by atoms with Crippen molar-refractivity contribution in [3.05, 3.63) is 0 Å². The molecule has 0 unspecified atom stereocenters. The van der Waals surface area contributed by atoms with Gasteiger partial charge in [-0.1, -0.05) is 0 Å². The van der Waals surface area contributed by atoms with Crippen molar-refractivity contribution in [2.24, 2.45) is 5.73 Å². The van der Waals surface area contributed by atoms with E-state index in [4.69, 9.17) is 15.2 Å². The van der Waals surface area contributed by atoms with Crippen LogP contribution in [-0.2, 0) is 19.3 Å². The molecular formula is C9H19NO4S. The van der Waals surface area contributed by atoms with Crippen LogP contribution in [0.3, 0.4) is 0 Å². The van der Waals surface area contributed by atoms with Crippen molar-refractivity contribution in [3.8, 4) is 0 Å². The molecule has 1 heterocycles. The number of sulfone groups is 1. The van der Waals surface area contributed by atoms with Crippen LogP contribution in [0.5, 0.6) is 0 Å². The minimum Gasteiger partial charge on any atom is -0.382 e. The summed E-state index contributed by atoms with van der Waals surface area (Å²) in [6.07, 6.45) is 0.977. The lowest BCUT2D eigenvalue weighted by molar-refractivity contribution is 0.0403. The second kappa shape index (κ2) is 5.25. The summed E-state index contributed by atoms with van der Waals surface area (Å²) < 4.78 is 32.6. The Kier molecular flexibility index (Phi) is 4.51. The Balaban J connectivity index is 2.29. The lowest BCUT2D eigenvalue weighted by Crippen LogP contribution is -2.50. The third kappa shape index (κ3) is 4.46. The highest BCUT2D eigenvalue weighted by Crippen LogP contribution is 2.21. The van der Waals surface area contributed by atoms with Gasteiger partial charge in [-0.05, 0) is 12.8 Å². The molecule has 5 nitrogen and oxygen atoms in total. The van der Waals surface area contributed by atoms with E-state index in [2.05, 4.69) is 0 Å². The van der Waals surface area contributed by atoms with Crippen molar-refractivity contribution in [1.82, 2.24) is 0 Å². The van der Waals surface area contributed by atoms with Gasteiger partial charge in [-0.2, -0.15) is 0 Å². The molecule has 1 aliphatic rings. The van der Waals surface area contributed by atoms with E-state index in [1.807, 2.05) is 0 Å². The van der Waals surface area contributed by atoms with Crippen molar-refractivity contribution in [3.63, 3.8) is 0 Å². The lowest BCUT2D eigenvalue weighted by Gasteiger charge is -2.32. The molecule has 0 bridgehead atoms. The molecule has 0 aromatic rings. The van der Waals surface area contributed by atoms with Crippen LogP contribution in [0.4, 0.5) is 0 Å². The van der Waals surface area contributed by atoms with Gasteiger partial charge in [0.1, 0.15) is 9.84 Å². The van der Waals surface area contributed by atoms with E-state index in [9.17, 15) is 8.42 Å². The predicted molar refractivity (Wildman–Crippen MR) is 57.5 cm³/mol. The normalized spacial score (nSPS) is 23.9. The van der Waals surface area contributed by atoms with Crippen molar-refractivity contribution in [1.29, 1.82) is 0 Å². The number of ether oxygens (including phenoxy) is 2. The zero-order valence-corrected chi connectivity index (χ0v) is 9.88. The summed E-state index contributed by atoms with van der Waals surface area (Å²) >= 11 is 0. The zero-order valence-electron chi connectivity index (χ0n) is 9.07. The van der Waals surface area contributed by atoms with Gasteiger partial charge in [-0.3, -0.25) is 0 Å². The van der Waals surface area contributed by atoms with Gasteiger partial charge in [0.05, 0.1) is 31.3 Å². The van der Waals surface area contributed by atoms with Crippen LogP contribution in [-0.4, -0.2) is 52.4 Å². The summed E-state index contributed by atoms with van der Waals surface area (Å²) in [6, 6.07) is 0. The molecule has 0 aromatic carbocycles. The summed E-state index contributed by atoms with van der Waals surface area (Å²) in [4.78, 5) is 0. The van der Waals surface area contributed by atoms with Crippen LogP contribution in [0.2, 0.25) is 0 Å². The highest BCUT2D eigenvalue weighted by molar-refractivity contribution is 7.91. The first kappa shape index (κ1) is 12.9. The van der Waals surface area contributed by atoms with Crippen molar-refractivity contribution in [2.45, 2.75) is 18.4 Å². The van der Waals surface area contributed by atoms with E-state index in [1.165, 1.54) is 0 Å². The van der Waals surface area contributed by atoms with Gasteiger partial charge in [0.25, 0.3) is 0 Å². The number of rotatable bonds is 5. The summed E-state index contributed by atoms with van der Waals surface area (Å²) in [6.45, 7) is 1.45. The zero-order chi connectivity index (χ0) is 11.4.